The number of carbonyl (C=O) groups is 5. The maximum absolute atomic E-state index is 13.0. The third-order valence-corrected chi connectivity index (χ3v) is 10.4. The van der Waals surface area contributed by atoms with Gasteiger partial charge in [0, 0.05) is 16.2 Å². The van der Waals surface area contributed by atoms with Crippen molar-refractivity contribution in [2.45, 2.75) is 29.7 Å². The van der Waals surface area contributed by atoms with Crippen LogP contribution in [0.25, 0.3) is 0 Å². The Bertz CT molecular complexity index is 1800. The van der Waals surface area contributed by atoms with Crippen LogP contribution in [-0.2, 0) is 35.6 Å². The molecular formula is C29H26N3NaO9S3. The number of amides is 3. The van der Waals surface area contributed by atoms with Gasteiger partial charge in [0.05, 0.1) is 22.4 Å². The van der Waals surface area contributed by atoms with Crippen molar-refractivity contribution in [2.75, 3.05) is 12.4 Å². The summed E-state index contributed by atoms with van der Waals surface area (Å²) in [6.07, 6.45) is 0.0963. The van der Waals surface area contributed by atoms with E-state index < -0.39 is 51.8 Å². The number of aliphatic carboxylic acids is 1. The van der Waals surface area contributed by atoms with E-state index in [9.17, 15) is 37.5 Å². The molecule has 3 amide bonds. The summed E-state index contributed by atoms with van der Waals surface area (Å²) in [6.45, 7) is 1.28. The number of thiophene rings is 1. The molecule has 3 heterocycles. The van der Waals surface area contributed by atoms with Crippen molar-refractivity contribution in [3.8, 4) is 0 Å². The van der Waals surface area contributed by atoms with Crippen LogP contribution in [0.3, 0.4) is 0 Å². The first-order valence-electron chi connectivity index (χ1n) is 13.1. The van der Waals surface area contributed by atoms with Crippen LogP contribution in [0.4, 0.5) is 0 Å². The third-order valence-electron chi connectivity index (χ3n) is 6.81. The summed E-state index contributed by atoms with van der Waals surface area (Å²) >= 11 is 2.62. The molecule has 0 bridgehead atoms. The predicted octanol–water partition coefficient (Wildman–Crippen LogP) is -0.570. The molecule has 0 saturated carbocycles. The van der Waals surface area contributed by atoms with E-state index >= 15 is 0 Å². The summed E-state index contributed by atoms with van der Waals surface area (Å²) in [5, 5.41) is 13.8. The molecule has 1 fully saturated rings. The van der Waals surface area contributed by atoms with Crippen molar-refractivity contribution in [1.29, 1.82) is 0 Å². The first kappa shape index (κ1) is 34.4. The number of carbonyl (C=O) groups excluding carboxylic acids is 4. The number of thioether (sulfide) groups is 1. The summed E-state index contributed by atoms with van der Waals surface area (Å²) in [5.74, 6) is -4.32. The first-order chi connectivity index (χ1) is 21.0. The van der Waals surface area contributed by atoms with Crippen LogP contribution >= 0.6 is 23.1 Å². The first-order valence-corrected chi connectivity index (χ1v) is 16.5. The molecule has 16 heteroatoms. The maximum atomic E-state index is 13.0. The van der Waals surface area contributed by atoms with Gasteiger partial charge in [-0.15, -0.1) is 23.1 Å². The fourth-order valence-corrected chi connectivity index (χ4v) is 7.63. The molecule has 3 N–H and O–H groups in total. The van der Waals surface area contributed by atoms with Gasteiger partial charge in [0.1, 0.15) is 23.7 Å². The number of β-lactam (4-membered cyclic amide) rings is 1. The number of aryl methyl sites for hydroxylation is 1. The average Bonchev–Trinajstić information content (AvgIpc) is 3.51. The number of rotatable bonds is 10. The Morgan fingerprint density at radius 2 is 1.73 bits per heavy atom. The van der Waals surface area contributed by atoms with Gasteiger partial charge < -0.3 is 16.6 Å². The Kier molecular flexibility index (Phi) is 10.9. The molecule has 2 atom stereocenters. The number of hydrogen-bond donors (Lipinski definition) is 3. The second-order valence-electron chi connectivity index (χ2n) is 9.84. The van der Waals surface area contributed by atoms with E-state index in [2.05, 4.69) is 5.32 Å². The zero-order valence-corrected chi connectivity index (χ0v) is 28.5. The molecule has 45 heavy (non-hydrogen) atoms. The number of hydrogen-bond acceptors (Lipinski definition) is 10. The smallest absolute Gasteiger partial charge is 1.00 e. The number of sulfonamides is 1. The Morgan fingerprint density at radius 3 is 2.38 bits per heavy atom. The zero-order valence-electron chi connectivity index (χ0n) is 25.0. The normalized spacial score (nSPS) is 17.4. The van der Waals surface area contributed by atoms with Crippen molar-refractivity contribution >= 4 is 62.8 Å². The monoisotopic (exact) mass is 679 g/mol. The quantitative estimate of drug-likeness (QED) is 0.143. The molecule has 0 spiro atoms. The van der Waals surface area contributed by atoms with E-state index in [1.165, 1.54) is 59.5 Å². The Hall–Kier alpha value is -3.47. The molecule has 2 aliphatic rings. The minimum absolute atomic E-state index is 0. The van der Waals surface area contributed by atoms with Crippen LogP contribution in [0.5, 0.6) is 0 Å². The maximum Gasteiger partial charge on any atom is 1.00 e. The molecule has 1 saturated heterocycles. The fourth-order valence-electron chi connectivity index (χ4n) is 4.63. The fraction of sp³-hybridized carbons (Fsp3) is 0.207. The van der Waals surface area contributed by atoms with E-state index in [0.717, 1.165) is 15.3 Å². The van der Waals surface area contributed by atoms with Gasteiger partial charge in [0.25, 0.3) is 21.8 Å². The predicted molar refractivity (Wildman–Crippen MR) is 161 cm³/mol. The number of esters is 1. The van der Waals surface area contributed by atoms with E-state index in [4.69, 9.17) is 4.74 Å². The summed E-state index contributed by atoms with van der Waals surface area (Å²) in [5.41, 5.74) is 0.124. The number of nitrogens with one attached hydrogen (secondary N) is 2. The second-order valence-corrected chi connectivity index (χ2v) is 13.7. The van der Waals surface area contributed by atoms with E-state index in [-0.39, 0.29) is 76.4 Å². The van der Waals surface area contributed by atoms with Crippen molar-refractivity contribution in [1.82, 2.24) is 14.9 Å². The van der Waals surface area contributed by atoms with Crippen LogP contribution in [0.2, 0.25) is 0 Å². The second kappa shape index (κ2) is 14.3. The summed E-state index contributed by atoms with van der Waals surface area (Å²) in [4.78, 5) is 65.2. The van der Waals surface area contributed by atoms with Crippen LogP contribution in [-0.4, -0.2) is 71.9 Å². The van der Waals surface area contributed by atoms with Crippen molar-refractivity contribution in [3.05, 3.63) is 98.9 Å². The van der Waals surface area contributed by atoms with Gasteiger partial charge in [-0.3, -0.25) is 19.3 Å². The number of benzene rings is 2. The molecule has 12 nitrogen and oxygen atoms in total. The summed E-state index contributed by atoms with van der Waals surface area (Å²) in [7, 11) is -4.24. The van der Waals surface area contributed by atoms with Crippen molar-refractivity contribution in [2.24, 2.45) is 0 Å². The van der Waals surface area contributed by atoms with Crippen molar-refractivity contribution in [3.63, 3.8) is 0 Å². The van der Waals surface area contributed by atoms with Crippen LogP contribution in [0.15, 0.2) is 82.2 Å². The molecule has 3 aromatic rings. The minimum Gasteiger partial charge on any atom is -1.00 e. The van der Waals surface area contributed by atoms with Gasteiger partial charge in [-0.2, -0.15) is 0 Å². The molecule has 5 rings (SSSR count). The molecule has 0 aliphatic carbocycles. The molecule has 2 aromatic carbocycles. The number of fused-ring (bicyclic) bond motifs is 1. The SMILES string of the molecule is Cc1ccc(S(=O)(=O)NC(=O)c2ccccc2C(=O)OCC2=C(C(=O)O)N3C(=O)[C@@H](NC(=O)Cc4cccs4)[C@H]3SC2)cc1.[H-].[Na+]. The van der Waals surface area contributed by atoms with E-state index in [1.54, 1.807) is 25.1 Å². The Morgan fingerprint density at radius 1 is 1.04 bits per heavy atom. The standard InChI is InChI=1S/C29H25N3O9S3.Na.H/c1-16-8-10-19(11-9-16)44(39,40)31-25(34)20-6-2-3-7-21(20)29(38)41-14-17-15-43-27-23(26(35)32(27)24(17)28(36)37)30-22(33)13-18-5-4-12-42-18;;/h2-12,23,27H,13-15H2,1H3,(H,30,33)(H,31,34)(H,36,37);;/q;+1;-1/t23-,27-;;/m1../s1. The number of carboxylic acid groups (broad SMARTS) is 1. The molecule has 0 unspecified atom stereocenters. The number of ether oxygens (including phenoxy) is 1. The van der Waals surface area contributed by atoms with Crippen LogP contribution < -0.4 is 39.6 Å². The number of nitrogens with zero attached hydrogens (tertiary/aromatic N) is 1. The van der Waals surface area contributed by atoms with Gasteiger partial charge >= 0.3 is 41.5 Å². The summed E-state index contributed by atoms with van der Waals surface area (Å²) < 4.78 is 32.7. The molecular weight excluding hydrogens is 654 g/mol. The van der Waals surface area contributed by atoms with Crippen LogP contribution in [0.1, 0.15) is 32.6 Å². The average molecular weight is 680 g/mol. The van der Waals surface area contributed by atoms with E-state index in [0.29, 0.717) is 0 Å². The van der Waals surface area contributed by atoms with Gasteiger partial charge in [-0.1, -0.05) is 35.9 Å². The van der Waals surface area contributed by atoms with Gasteiger partial charge in [0.15, 0.2) is 0 Å². The zero-order chi connectivity index (χ0) is 31.6. The van der Waals surface area contributed by atoms with Gasteiger partial charge in [0.2, 0.25) is 5.91 Å². The molecule has 0 radical (unpaired) electrons. The number of carboxylic acids is 1. The topological polar surface area (TPSA) is 176 Å². The van der Waals surface area contributed by atoms with Gasteiger partial charge in [-0.05, 0) is 42.6 Å². The minimum atomic E-state index is -4.24. The molecule has 1 aromatic heterocycles. The Balaban J connectivity index is 0.00000288. The molecule has 230 valence electrons. The van der Waals surface area contributed by atoms with E-state index in [1.807, 2.05) is 16.2 Å². The van der Waals surface area contributed by atoms with Crippen molar-refractivity contribution < 1.29 is 73.2 Å². The van der Waals surface area contributed by atoms with Crippen LogP contribution in [0, 0.1) is 6.92 Å². The summed E-state index contributed by atoms with van der Waals surface area (Å²) in [6, 6.07) is 14.0. The van der Waals surface area contributed by atoms with Gasteiger partial charge in [-0.25, -0.2) is 22.7 Å². The third kappa shape index (κ3) is 7.51. The molecule has 2 aliphatic heterocycles. The Labute approximate surface area is 290 Å². The largest absolute Gasteiger partial charge is 1.00 e.